The molecule has 1 amide bonds. The number of carbonyl (C=O) groups excluding carboxylic acids is 2. The Morgan fingerprint density at radius 2 is 1.88 bits per heavy atom. The molecule has 0 rings (SSSR count). The Hall–Kier alpha value is -1.47. The summed E-state index contributed by atoms with van der Waals surface area (Å²) in [5, 5.41) is 11.0. The van der Waals surface area contributed by atoms with E-state index in [1.54, 1.807) is 0 Å². The Morgan fingerprint density at radius 1 is 1.25 bits per heavy atom. The van der Waals surface area contributed by atoms with Crippen LogP contribution in [0.25, 0.3) is 0 Å². The van der Waals surface area contributed by atoms with Gasteiger partial charge in [-0.2, -0.15) is 0 Å². The molecule has 0 aromatic rings. The Labute approximate surface area is 93.2 Å². The zero-order valence-corrected chi connectivity index (χ0v) is 8.94. The monoisotopic (exact) mass is 231 g/mol. The maximum atomic E-state index is 11.4. The second-order valence-corrected chi connectivity index (χ2v) is 3.27. The van der Waals surface area contributed by atoms with Crippen LogP contribution in [0.15, 0.2) is 0 Å². The van der Waals surface area contributed by atoms with Crippen LogP contribution in [-0.2, 0) is 14.4 Å². The van der Waals surface area contributed by atoms with Gasteiger partial charge in [0.15, 0.2) is 5.78 Å². The molecule has 0 aliphatic heterocycles. The van der Waals surface area contributed by atoms with E-state index >= 15 is 0 Å². The molecule has 0 heterocycles. The van der Waals surface area contributed by atoms with Gasteiger partial charge in [-0.05, 0) is 19.4 Å². The summed E-state index contributed by atoms with van der Waals surface area (Å²) in [6.45, 7) is -0.211. The van der Waals surface area contributed by atoms with E-state index in [1.807, 2.05) is 0 Å². The molecule has 0 aromatic heterocycles. The zero-order chi connectivity index (χ0) is 12.6. The number of carboxylic acid groups (broad SMARTS) is 1. The average Bonchev–Trinajstić information content (AvgIpc) is 2.25. The number of hydrogen-bond acceptors (Lipinski definition) is 5. The summed E-state index contributed by atoms with van der Waals surface area (Å²) < 4.78 is 0. The van der Waals surface area contributed by atoms with E-state index in [4.69, 9.17) is 16.6 Å². The molecule has 0 aromatic carbocycles. The van der Waals surface area contributed by atoms with E-state index in [2.05, 4.69) is 5.32 Å². The summed E-state index contributed by atoms with van der Waals surface area (Å²) in [5.41, 5.74) is 10.2. The summed E-state index contributed by atoms with van der Waals surface area (Å²) in [5.74, 6) is -3.33. The highest BCUT2D eigenvalue weighted by atomic mass is 16.4. The number of hydrogen-bond donors (Lipinski definition) is 4. The van der Waals surface area contributed by atoms with E-state index in [9.17, 15) is 14.4 Å². The molecule has 6 N–H and O–H groups in total. The van der Waals surface area contributed by atoms with Gasteiger partial charge in [0.1, 0.15) is 5.92 Å². The lowest BCUT2D eigenvalue weighted by Gasteiger charge is -2.10. The van der Waals surface area contributed by atoms with Crippen LogP contribution in [0.3, 0.4) is 0 Å². The van der Waals surface area contributed by atoms with Crippen molar-refractivity contribution in [2.24, 2.45) is 17.4 Å². The molecule has 7 heteroatoms. The number of Topliss-reactive ketones (excluding diaryl/α,β-unsaturated/α-hetero) is 1. The summed E-state index contributed by atoms with van der Waals surface area (Å²) in [7, 11) is 0. The standard InChI is InChI=1S/C9H17N3O4/c10-3-1-2-6(9(15)16)7(13)5-12-8(14)4-11/h6H,1-5,10-11H2,(H,12,14)(H,15,16). The topological polar surface area (TPSA) is 136 Å². The summed E-state index contributed by atoms with van der Waals surface area (Å²) >= 11 is 0. The number of ketones is 1. The first-order valence-electron chi connectivity index (χ1n) is 4.95. The molecular formula is C9H17N3O4. The number of nitrogens with two attached hydrogens (primary N) is 2. The smallest absolute Gasteiger partial charge is 0.314 e. The lowest BCUT2D eigenvalue weighted by Crippen LogP contribution is -2.38. The van der Waals surface area contributed by atoms with Gasteiger partial charge in [0, 0.05) is 0 Å². The van der Waals surface area contributed by atoms with E-state index in [1.165, 1.54) is 0 Å². The van der Waals surface area contributed by atoms with Gasteiger partial charge in [-0.3, -0.25) is 14.4 Å². The molecule has 1 atom stereocenters. The minimum Gasteiger partial charge on any atom is -0.481 e. The number of nitrogens with one attached hydrogen (secondary N) is 1. The molecule has 0 saturated carbocycles. The van der Waals surface area contributed by atoms with Crippen molar-refractivity contribution in [2.75, 3.05) is 19.6 Å². The highest BCUT2D eigenvalue weighted by molar-refractivity contribution is 6.00. The quantitative estimate of drug-likeness (QED) is 0.359. The molecule has 92 valence electrons. The maximum Gasteiger partial charge on any atom is 0.314 e. The summed E-state index contributed by atoms with van der Waals surface area (Å²) in [6, 6.07) is 0. The van der Waals surface area contributed by atoms with Gasteiger partial charge in [0.05, 0.1) is 13.1 Å². The maximum absolute atomic E-state index is 11.4. The number of amides is 1. The van der Waals surface area contributed by atoms with Gasteiger partial charge in [-0.25, -0.2) is 0 Å². The van der Waals surface area contributed by atoms with Crippen molar-refractivity contribution in [3.8, 4) is 0 Å². The SMILES string of the molecule is NCCCC(C(=O)O)C(=O)CNC(=O)CN. The minimum atomic E-state index is -1.19. The van der Waals surface area contributed by atoms with Crippen LogP contribution in [-0.4, -0.2) is 42.4 Å². The van der Waals surface area contributed by atoms with E-state index in [-0.39, 0.29) is 19.5 Å². The van der Waals surface area contributed by atoms with Crippen LogP contribution in [0, 0.1) is 5.92 Å². The van der Waals surface area contributed by atoms with Crippen LogP contribution in [0.4, 0.5) is 0 Å². The fraction of sp³-hybridized carbons (Fsp3) is 0.667. The summed E-state index contributed by atoms with van der Waals surface area (Å²) in [4.78, 5) is 33.0. The molecule has 0 radical (unpaired) electrons. The van der Waals surface area contributed by atoms with Crippen molar-refractivity contribution in [3.05, 3.63) is 0 Å². The Balaban J connectivity index is 4.17. The molecule has 0 aliphatic carbocycles. The Bertz CT molecular complexity index is 267. The zero-order valence-electron chi connectivity index (χ0n) is 8.94. The van der Waals surface area contributed by atoms with Crippen LogP contribution in [0.1, 0.15) is 12.8 Å². The van der Waals surface area contributed by atoms with Crippen molar-refractivity contribution in [1.82, 2.24) is 5.32 Å². The van der Waals surface area contributed by atoms with Crippen molar-refractivity contribution in [3.63, 3.8) is 0 Å². The number of aliphatic carboxylic acids is 1. The van der Waals surface area contributed by atoms with Gasteiger partial charge in [0.2, 0.25) is 5.91 Å². The van der Waals surface area contributed by atoms with E-state index in [0.717, 1.165) is 0 Å². The normalized spacial score (nSPS) is 11.9. The van der Waals surface area contributed by atoms with Crippen LogP contribution >= 0.6 is 0 Å². The largest absolute Gasteiger partial charge is 0.481 e. The number of carboxylic acids is 1. The van der Waals surface area contributed by atoms with Gasteiger partial charge < -0.3 is 21.9 Å². The van der Waals surface area contributed by atoms with E-state index < -0.39 is 23.6 Å². The molecule has 0 bridgehead atoms. The lowest BCUT2D eigenvalue weighted by molar-refractivity contribution is -0.146. The molecule has 0 saturated heterocycles. The molecule has 16 heavy (non-hydrogen) atoms. The fourth-order valence-corrected chi connectivity index (χ4v) is 1.13. The third-order valence-corrected chi connectivity index (χ3v) is 2.03. The third-order valence-electron chi connectivity index (χ3n) is 2.03. The molecule has 0 aliphatic rings. The lowest BCUT2D eigenvalue weighted by atomic mass is 9.98. The molecule has 0 fully saturated rings. The number of rotatable bonds is 8. The van der Waals surface area contributed by atoms with Gasteiger partial charge in [-0.15, -0.1) is 0 Å². The van der Waals surface area contributed by atoms with E-state index in [0.29, 0.717) is 13.0 Å². The predicted molar refractivity (Wildman–Crippen MR) is 56.5 cm³/mol. The molecule has 7 nitrogen and oxygen atoms in total. The molecule has 1 unspecified atom stereocenters. The van der Waals surface area contributed by atoms with Gasteiger partial charge in [-0.1, -0.05) is 0 Å². The van der Waals surface area contributed by atoms with Crippen LogP contribution in [0.5, 0.6) is 0 Å². The highest BCUT2D eigenvalue weighted by Gasteiger charge is 2.25. The first kappa shape index (κ1) is 14.5. The van der Waals surface area contributed by atoms with Crippen LogP contribution in [0.2, 0.25) is 0 Å². The van der Waals surface area contributed by atoms with Crippen molar-refractivity contribution in [2.45, 2.75) is 12.8 Å². The fourth-order valence-electron chi connectivity index (χ4n) is 1.13. The second kappa shape index (κ2) is 7.77. The third kappa shape index (κ3) is 5.42. The number of carbonyl (C=O) groups is 3. The minimum absolute atomic E-state index is 0.184. The predicted octanol–water partition coefficient (Wildman–Crippen LogP) is -1.93. The average molecular weight is 231 g/mol. The molecule has 0 spiro atoms. The second-order valence-electron chi connectivity index (χ2n) is 3.27. The Kier molecular flexibility index (Phi) is 7.06. The van der Waals surface area contributed by atoms with Crippen molar-refractivity contribution in [1.29, 1.82) is 0 Å². The van der Waals surface area contributed by atoms with Crippen molar-refractivity contribution < 1.29 is 19.5 Å². The summed E-state index contributed by atoms with van der Waals surface area (Å²) in [6.07, 6.45) is 0.636. The first-order chi connectivity index (χ1) is 7.52. The Morgan fingerprint density at radius 3 is 2.31 bits per heavy atom. The van der Waals surface area contributed by atoms with Gasteiger partial charge in [0.25, 0.3) is 0 Å². The van der Waals surface area contributed by atoms with Crippen LogP contribution < -0.4 is 16.8 Å². The van der Waals surface area contributed by atoms with Crippen molar-refractivity contribution >= 4 is 17.7 Å². The van der Waals surface area contributed by atoms with Gasteiger partial charge >= 0.3 is 5.97 Å². The highest BCUT2D eigenvalue weighted by Crippen LogP contribution is 2.07. The molecular weight excluding hydrogens is 214 g/mol. The first-order valence-corrected chi connectivity index (χ1v) is 4.95.